The standard InChI is InChI=1S/C14H28N2O2/c1-3-15-11-12(2)14(17)16-9-10-18-13-7-5-4-6-8-13/h12-13,15H,3-11H2,1-2H3,(H,16,17). The van der Waals surface area contributed by atoms with Gasteiger partial charge in [-0.05, 0) is 19.4 Å². The Labute approximate surface area is 111 Å². The van der Waals surface area contributed by atoms with E-state index in [-0.39, 0.29) is 11.8 Å². The van der Waals surface area contributed by atoms with Gasteiger partial charge in [-0.1, -0.05) is 33.1 Å². The van der Waals surface area contributed by atoms with Gasteiger partial charge in [0.25, 0.3) is 0 Å². The van der Waals surface area contributed by atoms with Crippen LogP contribution in [0, 0.1) is 5.92 Å². The molecule has 0 heterocycles. The third-order valence-electron chi connectivity index (χ3n) is 3.46. The zero-order chi connectivity index (χ0) is 13.2. The summed E-state index contributed by atoms with van der Waals surface area (Å²) < 4.78 is 5.76. The molecule has 2 N–H and O–H groups in total. The van der Waals surface area contributed by atoms with E-state index in [0.717, 1.165) is 13.1 Å². The van der Waals surface area contributed by atoms with Gasteiger partial charge in [0.1, 0.15) is 0 Å². The Morgan fingerprint density at radius 3 is 2.72 bits per heavy atom. The summed E-state index contributed by atoms with van der Waals surface area (Å²) in [7, 11) is 0. The molecule has 1 atom stereocenters. The first-order valence-electron chi connectivity index (χ1n) is 7.34. The van der Waals surface area contributed by atoms with Crippen LogP contribution in [-0.4, -0.2) is 38.3 Å². The van der Waals surface area contributed by atoms with Gasteiger partial charge in [-0.2, -0.15) is 0 Å². The number of hydrogen-bond acceptors (Lipinski definition) is 3. The van der Waals surface area contributed by atoms with Crippen LogP contribution in [0.15, 0.2) is 0 Å². The zero-order valence-corrected chi connectivity index (χ0v) is 11.8. The summed E-state index contributed by atoms with van der Waals surface area (Å²) >= 11 is 0. The third-order valence-corrected chi connectivity index (χ3v) is 3.46. The molecule has 0 bridgehead atoms. The van der Waals surface area contributed by atoms with Crippen molar-refractivity contribution >= 4 is 5.91 Å². The van der Waals surface area contributed by atoms with Crippen LogP contribution in [0.3, 0.4) is 0 Å². The highest BCUT2D eigenvalue weighted by Gasteiger charge is 2.14. The van der Waals surface area contributed by atoms with Crippen molar-refractivity contribution in [2.24, 2.45) is 5.92 Å². The Bertz CT molecular complexity index is 228. The Balaban J connectivity index is 2.00. The summed E-state index contributed by atoms with van der Waals surface area (Å²) in [5.74, 6) is 0.142. The molecule has 0 aromatic heterocycles. The van der Waals surface area contributed by atoms with Crippen LogP contribution in [0.25, 0.3) is 0 Å². The monoisotopic (exact) mass is 256 g/mol. The number of carbonyl (C=O) groups is 1. The van der Waals surface area contributed by atoms with Gasteiger partial charge < -0.3 is 15.4 Å². The Kier molecular flexibility index (Phi) is 8.01. The average molecular weight is 256 g/mol. The van der Waals surface area contributed by atoms with Crippen molar-refractivity contribution in [3.63, 3.8) is 0 Å². The molecule has 1 aliphatic carbocycles. The second kappa shape index (κ2) is 9.34. The Hall–Kier alpha value is -0.610. The minimum absolute atomic E-state index is 0.0274. The molecule has 0 spiro atoms. The van der Waals surface area contributed by atoms with Crippen LogP contribution in [0.1, 0.15) is 46.0 Å². The fraction of sp³-hybridized carbons (Fsp3) is 0.929. The second-order valence-electron chi connectivity index (χ2n) is 5.13. The van der Waals surface area contributed by atoms with E-state index in [1.54, 1.807) is 0 Å². The van der Waals surface area contributed by atoms with E-state index < -0.39 is 0 Å². The van der Waals surface area contributed by atoms with Crippen molar-refractivity contribution in [3.8, 4) is 0 Å². The van der Waals surface area contributed by atoms with Gasteiger partial charge in [-0.15, -0.1) is 0 Å². The van der Waals surface area contributed by atoms with Crippen LogP contribution < -0.4 is 10.6 Å². The van der Waals surface area contributed by atoms with Crippen molar-refractivity contribution in [2.75, 3.05) is 26.2 Å². The summed E-state index contributed by atoms with van der Waals surface area (Å²) in [4.78, 5) is 11.7. The Morgan fingerprint density at radius 1 is 1.33 bits per heavy atom. The van der Waals surface area contributed by atoms with Gasteiger partial charge >= 0.3 is 0 Å². The van der Waals surface area contributed by atoms with Gasteiger partial charge in [0, 0.05) is 19.0 Å². The first kappa shape index (κ1) is 15.4. The minimum Gasteiger partial charge on any atom is -0.376 e. The molecule has 1 amide bonds. The molecule has 1 unspecified atom stereocenters. The van der Waals surface area contributed by atoms with E-state index in [1.165, 1.54) is 32.1 Å². The molecule has 0 aromatic rings. The van der Waals surface area contributed by atoms with Crippen molar-refractivity contribution in [1.29, 1.82) is 0 Å². The molecule has 1 rings (SSSR count). The normalized spacial score (nSPS) is 18.6. The van der Waals surface area contributed by atoms with Crippen molar-refractivity contribution < 1.29 is 9.53 Å². The van der Waals surface area contributed by atoms with Crippen LogP contribution in [0.2, 0.25) is 0 Å². The van der Waals surface area contributed by atoms with Crippen molar-refractivity contribution in [3.05, 3.63) is 0 Å². The summed E-state index contributed by atoms with van der Waals surface area (Å²) in [6, 6.07) is 0. The maximum absolute atomic E-state index is 11.7. The van der Waals surface area contributed by atoms with Crippen LogP contribution in [-0.2, 0) is 9.53 Å². The predicted molar refractivity (Wildman–Crippen MR) is 73.5 cm³/mol. The summed E-state index contributed by atoms with van der Waals surface area (Å²) in [6.07, 6.45) is 6.72. The first-order chi connectivity index (χ1) is 8.74. The van der Waals surface area contributed by atoms with Crippen LogP contribution in [0.5, 0.6) is 0 Å². The third kappa shape index (κ3) is 6.36. The highest BCUT2D eigenvalue weighted by molar-refractivity contribution is 5.78. The highest BCUT2D eigenvalue weighted by Crippen LogP contribution is 2.19. The van der Waals surface area contributed by atoms with Gasteiger partial charge in [0.15, 0.2) is 0 Å². The van der Waals surface area contributed by atoms with Gasteiger partial charge in [0.05, 0.1) is 12.7 Å². The summed E-state index contributed by atoms with van der Waals surface area (Å²) in [5.41, 5.74) is 0. The molecular weight excluding hydrogens is 228 g/mol. The predicted octanol–water partition coefficient (Wildman–Crippen LogP) is 1.70. The first-order valence-corrected chi connectivity index (χ1v) is 7.34. The maximum atomic E-state index is 11.7. The molecule has 1 fully saturated rings. The largest absolute Gasteiger partial charge is 0.376 e. The number of nitrogens with one attached hydrogen (secondary N) is 2. The van der Waals surface area contributed by atoms with Gasteiger partial charge in [0.2, 0.25) is 5.91 Å². The van der Waals surface area contributed by atoms with E-state index in [1.807, 2.05) is 13.8 Å². The number of amides is 1. The number of carbonyl (C=O) groups excluding carboxylic acids is 1. The average Bonchev–Trinajstić information content (AvgIpc) is 2.41. The molecule has 1 saturated carbocycles. The molecule has 0 aromatic carbocycles. The lowest BCUT2D eigenvalue weighted by Gasteiger charge is -2.22. The molecule has 106 valence electrons. The molecule has 1 aliphatic rings. The maximum Gasteiger partial charge on any atom is 0.224 e. The second-order valence-corrected chi connectivity index (χ2v) is 5.13. The zero-order valence-electron chi connectivity index (χ0n) is 11.8. The molecule has 18 heavy (non-hydrogen) atoms. The topological polar surface area (TPSA) is 50.4 Å². The molecule has 0 aliphatic heterocycles. The van der Waals surface area contributed by atoms with Crippen LogP contribution in [0.4, 0.5) is 0 Å². The smallest absolute Gasteiger partial charge is 0.224 e. The molecule has 0 saturated heterocycles. The molecule has 4 heteroatoms. The van der Waals surface area contributed by atoms with E-state index in [2.05, 4.69) is 10.6 Å². The quantitative estimate of drug-likeness (QED) is 0.650. The lowest BCUT2D eigenvalue weighted by Crippen LogP contribution is -2.37. The number of rotatable bonds is 8. The Morgan fingerprint density at radius 2 is 2.06 bits per heavy atom. The summed E-state index contributed by atoms with van der Waals surface area (Å²) in [5, 5.41) is 6.11. The van der Waals surface area contributed by atoms with E-state index >= 15 is 0 Å². The fourth-order valence-corrected chi connectivity index (χ4v) is 2.26. The molecular formula is C14H28N2O2. The fourth-order valence-electron chi connectivity index (χ4n) is 2.26. The highest BCUT2D eigenvalue weighted by atomic mass is 16.5. The van der Waals surface area contributed by atoms with E-state index in [4.69, 9.17) is 4.74 Å². The van der Waals surface area contributed by atoms with E-state index in [9.17, 15) is 4.79 Å². The molecule has 4 nitrogen and oxygen atoms in total. The molecule has 0 radical (unpaired) electrons. The van der Waals surface area contributed by atoms with Crippen molar-refractivity contribution in [1.82, 2.24) is 10.6 Å². The summed E-state index contributed by atoms with van der Waals surface area (Å²) in [6.45, 7) is 6.91. The minimum atomic E-state index is 0.0274. The van der Waals surface area contributed by atoms with Crippen molar-refractivity contribution in [2.45, 2.75) is 52.1 Å². The number of ether oxygens (including phenoxy) is 1. The SMILES string of the molecule is CCNCC(C)C(=O)NCCOC1CCCCC1. The lowest BCUT2D eigenvalue weighted by atomic mass is 9.98. The number of hydrogen-bond donors (Lipinski definition) is 2. The van der Waals surface area contributed by atoms with Gasteiger partial charge in [-0.3, -0.25) is 4.79 Å². The van der Waals surface area contributed by atoms with Crippen LogP contribution >= 0.6 is 0 Å². The lowest BCUT2D eigenvalue weighted by molar-refractivity contribution is -0.124. The van der Waals surface area contributed by atoms with E-state index in [0.29, 0.717) is 19.3 Å². The van der Waals surface area contributed by atoms with Gasteiger partial charge in [-0.25, -0.2) is 0 Å².